The van der Waals surface area contributed by atoms with Gasteiger partial charge in [0.15, 0.2) is 0 Å². The Kier molecular flexibility index (Phi) is 3.32. The van der Waals surface area contributed by atoms with Gasteiger partial charge in [-0.3, -0.25) is 4.18 Å². The van der Waals surface area contributed by atoms with Crippen molar-refractivity contribution in [2.45, 2.75) is 29.3 Å². The molecule has 2 aliphatic rings. The molecule has 1 aromatic rings. The highest BCUT2D eigenvalue weighted by Crippen LogP contribution is 2.30. The molecule has 0 aromatic heterocycles. The van der Waals surface area contributed by atoms with Gasteiger partial charge in [0, 0.05) is 0 Å². The predicted octanol–water partition coefficient (Wildman–Crippen LogP) is -0.0810. The fraction of sp³-hybridized carbons (Fsp3) is 0.500. The number of hydrogen-bond acceptors (Lipinski definition) is 6. The molecule has 0 amide bonds. The number of fused-ring (bicyclic) bond motifs is 1. The van der Waals surface area contributed by atoms with Gasteiger partial charge in [-0.2, -0.15) is 8.42 Å². The second kappa shape index (κ2) is 4.84. The van der Waals surface area contributed by atoms with Gasteiger partial charge in [-0.05, 0) is 12.1 Å². The number of benzene rings is 1. The van der Waals surface area contributed by atoms with Crippen LogP contribution in [0.3, 0.4) is 0 Å². The van der Waals surface area contributed by atoms with Crippen molar-refractivity contribution < 1.29 is 27.2 Å². The van der Waals surface area contributed by atoms with E-state index in [0.29, 0.717) is 0 Å². The molecule has 6 nitrogen and oxygen atoms in total. The van der Waals surface area contributed by atoms with Crippen molar-refractivity contribution >= 4 is 10.1 Å². The summed E-state index contributed by atoms with van der Waals surface area (Å²) in [6.07, 6.45) is -2.48. The molecule has 2 fully saturated rings. The van der Waals surface area contributed by atoms with Crippen LogP contribution < -0.4 is 0 Å². The van der Waals surface area contributed by atoms with Crippen molar-refractivity contribution in [1.82, 2.24) is 0 Å². The lowest BCUT2D eigenvalue weighted by Gasteiger charge is -2.16. The van der Waals surface area contributed by atoms with E-state index in [1.165, 1.54) is 12.1 Å². The SMILES string of the molecule is O=S(=O)(O[C@H]1CO[C@H]2[C@@H]1OC[C@H]2O)c1ccccc1. The first-order valence-corrected chi connectivity index (χ1v) is 7.38. The lowest BCUT2D eigenvalue weighted by atomic mass is 10.1. The zero-order chi connectivity index (χ0) is 13.5. The molecule has 1 N–H and O–H groups in total. The van der Waals surface area contributed by atoms with Crippen LogP contribution in [0.2, 0.25) is 0 Å². The molecule has 0 unspecified atom stereocenters. The minimum Gasteiger partial charge on any atom is -0.388 e. The van der Waals surface area contributed by atoms with E-state index >= 15 is 0 Å². The second-order valence-corrected chi connectivity index (χ2v) is 6.14. The number of rotatable bonds is 3. The number of ether oxygens (including phenoxy) is 2. The van der Waals surface area contributed by atoms with E-state index in [1.54, 1.807) is 18.2 Å². The maximum atomic E-state index is 12.1. The maximum Gasteiger partial charge on any atom is 0.297 e. The molecule has 2 heterocycles. The Bertz CT molecular complexity index is 543. The molecule has 4 atom stereocenters. The first kappa shape index (κ1) is 13.0. The van der Waals surface area contributed by atoms with Crippen LogP contribution in [0.1, 0.15) is 0 Å². The molecular weight excluding hydrogens is 272 g/mol. The van der Waals surface area contributed by atoms with Gasteiger partial charge in [-0.1, -0.05) is 18.2 Å². The number of aliphatic hydroxyl groups is 1. The Morgan fingerprint density at radius 2 is 1.79 bits per heavy atom. The van der Waals surface area contributed by atoms with E-state index in [9.17, 15) is 13.5 Å². The van der Waals surface area contributed by atoms with E-state index < -0.39 is 34.5 Å². The van der Waals surface area contributed by atoms with Crippen molar-refractivity contribution in [2.75, 3.05) is 13.2 Å². The number of hydrogen-bond donors (Lipinski definition) is 1. The molecule has 0 radical (unpaired) electrons. The van der Waals surface area contributed by atoms with E-state index in [2.05, 4.69) is 0 Å². The lowest BCUT2D eigenvalue weighted by molar-refractivity contribution is 0.00979. The summed E-state index contributed by atoms with van der Waals surface area (Å²) in [4.78, 5) is 0.0944. The smallest absolute Gasteiger partial charge is 0.297 e. The summed E-state index contributed by atoms with van der Waals surface area (Å²) >= 11 is 0. The van der Waals surface area contributed by atoms with Gasteiger partial charge in [-0.15, -0.1) is 0 Å². The molecule has 104 valence electrons. The van der Waals surface area contributed by atoms with Crippen LogP contribution in [0.5, 0.6) is 0 Å². The van der Waals surface area contributed by atoms with Gasteiger partial charge < -0.3 is 14.6 Å². The van der Waals surface area contributed by atoms with Gasteiger partial charge >= 0.3 is 0 Å². The third-order valence-corrected chi connectivity index (χ3v) is 4.61. The van der Waals surface area contributed by atoms with Crippen molar-refractivity contribution in [2.24, 2.45) is 0 Å². The van der Waals surface area contributed by atoms with Crippen LogP contribution >= 0.6 is 0 Å². The van der Waals surface area contributed by atoms with Gasteiger partial charge in [-0.25, -0.2) is 0 Å². The molecule has 1 aromatic carbocycles. The van der Waals surface area contributed by atoms with Crippen LogP contribution in [0.15, 0.2) is 35.2 Å². The topological polar surface area (TPSA) is 82.1 Å². The van der Waals surface area contributed by atoms with Crippen LogP contribution in [-0.2, 0) is 23.8 Å². The average Bonchev–Trinajstić information content (AvgIpc) is 2.95. The highest BCUT2D eigenvalue weighted by molar-refractivity contribution is 7.86. The molecule has 0 spiro atoms. The lowest BCUT2D eigenvalue weighted by Crippen LogP contribution is -2.34. The highest BCUT2D eigenvalue weighted by Gasteiger charge is 2.49. The van der Waals surface area contributed by atoms with Gasteiger partial charge in [0.2, 0.25) is 0 Å². The molecule has 0 aliphatic carbocycles. The van der Waals surface area contributed by atoms with Gasteiger partial charge in [0.05, 0.1) is 18.1 Å². The quantitative estimate of drug-likeness (QED) is 0.783. The zero-order valence-corrected chi connectivity index (χ0v) is 10.8. The summed E-state index contributed by atoms with van der Waals surface area (Å²) < 4.78 is 39.9. The molecular formula is C12H14O6S. The summed E-state index contributed by atoms with van der Waals surface area (Å²) in [5.74, 6) is 0. The molecule has 19 heavy (non-hydrogen) atoms. The Hall–Kier alpha value is -0.990. The average molecular weight is 286 g/mol. The molecule has 0 saturated carbocycles. The van der Waals surface area contributed by atoms with Crippen molar-refractivity contribution in [1.29, 1.82) is 0 Å². The zero-order valence-electron chi connectivity index (χ0n) is 10.0. The summed E-state index contributed by atoms with van der Waals surface area (Å²) in [7, 11) is -3.84. The fourth-order valence-electron chi connectivity index (χ4n) is 2.33. The van der Waals surface area contributed by atoms with Crippen LogP contribution in [-0.4, -0.2) is 51.2 Å². The summed E-state index contributed by atoms with van der Waals surface area (Å²) in [5.41, 5.74) is 0. The molecule has 2 saturated heterocycles. The summed E-state index contributed by atoms with van der Waals surface area (Å²) in [6, 6.07) is 7.91. The number of aliphatic hydroxyl groups excluding tert-OH is 1. The van der Waals surface area contributed by atoms with E-state index in [1.807, 2.05) is 0 Å². The highest BCUT2D eigenvalue weighted by atomic mass is 32.2. The third-order valence-electron chi connectivity index (χ3n) is 3.26. The minimum absolute atomic E-state index is 0.0944. The van der Waals surface area contributed by atoms with Crippen molar-refractivity contribution in [3.05, 3.63) is 30.3 Å². The van der Waals surface area contributed by atoms with E-state index in [0.717, 1.165) is 0 Å². The molecule has 3 rings (SSSR count). The van der Waals surface area contributed by atoms with Gasteiger partial charge in [0.1, 0.15) is 24.4 Å². The maximum absolute atomic E-state index is 12.1. The van der Waals surface area contributed by atoms with Crippen LogP contribution in [0.25, 0.3) is 0 Å². The molecule has 7 heteroatoms. The monoisotopic (exact) mass is 286 g/mol. The Morgan fingerprint density at radius 3 is 2.53 bits per heavy atom. The van der Waals surface area contributed by atoms with Crippen LogP contribution in [0.4, 0.5) is 0 Å². The Labute approximate surface area is 111 Å². The van der Waals surface area contributed by atoms with Crippen molar-refractivity contribution in [3.8, 4) is 0 Å². The first-order valence-electron chi connectivity index (χ1n) is 5.97. The van der Waals surface area contributed by atoms with E-state index in [-0.39, 0.29) is 18.1 Å². The Balaban J connectivity index is 1.76. The van der Waals surface area contributed by atoms with E-state index in [4.69, 9.17) is 13.7 Å². The summed E-state index contributed by atoms with van der Waals surface area (Å²) in [6.45, 7) is 0.235. The Morgan fingerprint density at radius 1 is 1.11 bits per heavy atom. The standard InChI is InChI=1S/C12H14O6S/c13-9-6-16-12-10(7-17-11(9)12)18-19(14,15)8-4-2-1-3-5-8/h1-5,9-13H,6-7H2/t9-,10+,11-,12-/m1/s1. The first-order chi connectivity index (χ1) is 9.08. The molecule has 2 aliphatic heterocycles. The third kappa shape index (κ3) is 2.39. The normalized spacial score (nSPS) is 34.4. The predicted molar refractivity (Wildman–Crippen MR) is 64.0 cm³/mol. The molecule has 0 bridgehead atoms. The van der Waals surface area contributed by atoms with Crippen LogP contribution in [0, 0.1) is 0 Å². The summed E-state index contributed by atoms with van der Waals surface area (Å²) in [5, 5.41) is 9.58. The fourth-order valence-corrected chi connectivity index (χ4v) is 3.42. The van der Waals surface area contributed by atoms with Crippen molar-refractivity contribution in [3.63, 3.8) is 0 Å². The second-order valence-electron chi connectivity index (χ2n) is 4.57. The largest absolute Gasteiger partial charge is 0.388 e. The minimum atomic E-state index is -3.84. The van der Waals surface area contributed by atoms with Gasteiger partial charge in [0.25, 0.3) is 10.1 Å².